The fourth-order valence-electron chi connectivity index (χ4n) is 2.42. The second-order valence-electron chi connectivity index (χ2n) is 5.05. The van der Waals surface area contributed by atoms with E-state index in [9.17, 15) is 10.1 Å². The first-order chi connectivity index (χ1) is 9.65. The van der Waals surface area contributed by atoms with Crippen molar-refractivity contribution in [2.24, 2.45) is 0 Å². The first-order valence-corrected chi connectivity index (χ1v) is 6.91. The first-order valence-electron chi connectivity index (χ1n) is 6.91. The molecule has 20 heavy (non-hydrogen) atoms. The van der Waals surface area contributed by atoms with Crippen molar-refractivity contribution in [2.45, 2.75) is 25.9 Å². The van der Waals surface area contributed by atoms with Crippen molar-refractivity contribution in [1.82, 2.24) is 10.2 Å². The maximum absolute atomic E-state index is 11.0. The lowest BCUT2D eigenvalue weighted by Gasteiger charge is -2.38. The Labute approximate surface area is 118 Å². The summed E-state index contributed by atoms with van der Waals surface area (Å²) in [6, 6.07) is 5.74. The van der Waals surface area contributed by atoms with E-state index in [2.05, 4.69) is 17.1 Å². The Bertz CT molecular complexity index is 475. The van der Waals surface area contributed by atoms with Gasteiger partial charge in [-0.15, -0.1) is 0 Å². The van der Waals surface area contributed by atoms with Crippen LogP contribution in [0.1, 0.15) is 18.9 Å². The first kappa shape index (κ1) is 14.7. The zero-order valence-corrected chi connectivity index (χ0v) is 12.0. The maximum Gasteiger partial charge on any atom is 0.311 e. The van der Waals surface area contributed by atoms with Gasteiger partial charge >= 0.3 is 5.69 Å². The van der Waals surface area contributed by atoms with Crippen molar-refractivity contribution in [3.8, 4) is 5.75 Å². The van der Waals surface area contributed by atoms with Crippen molar-refractivity contribution in [1.29, 1.82) is 0 Å². The van der Waals surface area contributed by atoms with Crippen molar-refractivity contribution < 1.29 is 9.66 Å². The van der Waals surface area contributed by atoms with Gasteiger partial charge in [-0.25, -0.2) is 0 Å². The van der Waals surface area contributed by atoms with E-state index < -0.39 is 4.92 Å². The molecule has 1 fully saturated rings. The van der Waals surface area contributed by atoms with Crippen LogP contribution >= 0.6 is 0 Å². The molecule has 0 aromatic heterocycles. The topological polar surface area (TPSA) is 67.6 Å². The van der Waals surface area contributed by atoms with Gasteiger partial charge in [0.2, 0.25) is 0 Å². The van der Waals surface area contributed by atoms with Crippen LogP contribution in [0.5, 0.6) is 5.75 Å². The van der Waals surface area contributed by atoms with Crippen LogP contribution in [0.25, 0.3) is 0 Å². The van der Waals surface area contributed by atoms with E-state index in [0.717, 1.165) is 38.2 Å². The number of hydrogen-bond donors (Lipinski definition) is 1. The molecular formula is C14H21N3O3. The number of nitro benzene ring substituents is 1. The standard InChI is InChI=1S/C14H21N3O3/c1-3-6-16(12-8-15-9-12)10-11-4-5-14(20-2)13(7-11)17(18)19/h4-5,7,12,15H,3,6,8-10H2,1-2H3. The zero-order chi connectivity index (χ0) is 14.5. The van der Waals surface area contributed by atoms with E-state index in [1.807, 2.05) is 6.07 Å². The van der Waals surface area contributed by atoms with E-state index in [1.54, 1.807) is 12.1 Å². The Balaban J connectivity index is 2.14. The largest absolute Gasteiger partial charge is 0.490 e. The smallest absolute Gasteiger partial charge is 0.311 e. The third-order valence-electron chi connectivity index (χ3n) is 3.61. The molecule has 0 bridgehead atoms. The molecule has 1 aromatic carbocycles. The molecule has 0 radical (unpaired) electrons. The predicted octanol–water partition coefficient (Wildman–Crippen LogP) is 1.79. The molecule has 1 aliphatic rings. The van der Waals surface area contributed by atoms with Crippen molar-refractivity contribution in [2.75, 3.05) is 26.7 Å². The summed E-state index contributed by atoms with van der Waals surface area (Å²) in [5.41, 5.74) is 0.992. The van der Waals surface area contributed by atoms with Crippen LogP contribution in [0.4, 0.5) is 5.69 Å². The predicted molar refractivity (Wildman–Crippen MR) is 77.0 cm³/mol. The number of methoxy groups -OCH3 is 1. The molecule has 0 spiro atoms. The lowest BCUT2D eigenvalue weighted by Crippen LogP contribution is -2.56. The summed E-state index contributed by atoms with van der Waals surface area (Å²) in [5.74, 6) is 0.311. The lowest BCUT2D eigenvalue weighted by atomic mass is 10.1. The van der Waals surface area contributed by atoms with Crippen LogP contribution in [0, 0.1) is 10.1 Å². The zero-order valence-electron chi connectivity index (χ0n) is 12.0. The van der Waals surface area contributed by atoms with Gasteiger partial charge in [0.05, 0.1) is 12.0 Å². The highest BCUT2D eigenvalue weighted by atomic mass is 16.6. The Morgan fingerprint density at radius 1 is 1.50 bits per heavy atom. The second-order valence-corrected chi connectivity index (χ2v) is 5.05. The Hall–Kier alpha value is -1.66. The Kier molecular flexibility index (Phi) is 4.92. The molecule has 0 unspecified atom stereocenters. The van der Waals surface area contributed by atoms with E-state index in [1.165, 1.54) is 7.11 Å². The lowest BCUT2D eigenvalue weighted by molar-refractivity contribution is -0.385. The minimum absolute atomic E-state index is 0.0354. The SMILES string of the molecule is CCCN(Cc1ccc(OC)c([N+](=O)[O-])c1)C1CNC1. The van der Waals surface area contributed by atoms with Gasteiger partial charge in [0, 0.05) is 31.7 Å². The summed E-state index contributed by atoms with van der Waals surface area (Å²) < 4.78 is 5.03. The highest BCUT2D eigenvalue weighted by molar-refractivity contribution is 5.48. The van der Waals surface area contributed by atoms with Crippen LogP contribution in [0.15, 0.2) is 18.2 Å². The Morgan fingerprint density at radius 2 is 2.25 bits per heavy atom. The van der Waals surface area contributed by atoms with Gasteiger partial charge in [0.15, 0.2) is 5.75 Å². The average Bonchev–Trinajstić information content (AvgIpc) is 2.36. The molecule has 2 rings (SSSR count). The van der Waals surface area contributed by atoms with Gasteiger partial charge in [0.25, 0.3) is 0 Å². The van der Waals surface area contributed by atoms with Gasteiger partial charge in [0.1, 0.15) is 0 Å². The van der Waals surface area contributed by atoms with Gasteiger partial charge in [-0.2, -0.15) is 0 Å². The molecule has 0 aliphatic carbocycles. The van der Waals surface area contributed by atoms with Crippen LogP contribution < -0.4 is 10.1 Å². The number of benzene rings is 1. The number of ether oxygens (including phenoxy) is 1. The van der Waals surface area contributed by atoms with Crippen molar-refractivity contribution >= 4 is 5.69 Å². The fourth-order valence-corrected chi connectivity index (χ4v) is 2.42. The van der Waals surface area contributed by atoms with Crippen molar-refractivity contribution in [3.05, 3.63) is 33.9 Å². The maximum atomic E-state index is 11.0. The highest BCUT2D eigenvalue weighted by Crippen LogP contribution is 2.28. The average molecular weight is 279 g/mol. The second kappa shape index (κ2) is 6.67. The molecule has 6 heteroatoms. The summed E-state index contributed by atoms with van der Waals surface area (Å²) in [4.78, 5) is 13.0. The quantitative estimate of drug-likeness (QED) is 0.609. The molecule has 1 aliphatic heterocycles. The molecule has 6 nitrogen and oxygen atoms in total. The van der Waals surface area contributed by atoms with Gasteiger partial charge < -0.3 is 10.1 Å². The molecule has 0 atom stereocenters. The number of nitro groups is 1. The van der Waals surface area contributed by atoms with Crippen LogP contribution in [-0.4, -0.2) is 42.6 Å². The molecule has 1 saturated heterocycles. The van der Waals surface area contributed by atoms with Gasteiger partial charge in [-0.05, 0) is 24.6 Å². The van der Waals surface area contributed by atoms with Crippen LogP contribution in [-0.2, 0) is 6.54 Å². The van der Waals surface area contributed by atoms with Gasteiger partial charge in [-0.3, -0.25) is 15.0 Å². The molecule has 0 amide bonds. The van der Waals surface area contributed by atoms with E-state index >= 15 is 0 Å². The third-order valence-corrected chi connectivity index (χ3v) is 3.61. The van der Waals surface area contributed by atoms with E-state index in [4.69, 9.17) is 4.74 Å². The fraction of sp³-hybridized carbons (Fsp3) is 0.571. The van der Waals surface area contributed by atoms with Crippen molar-refractivity contribution in [3.63, 3.8) is 0 Å². The van der Waals surface area contributed by atoms with E-state index in [-0.39, 0.29) is 5.69 Å². The summed E-state index contributed by atoms with van der Waals surface area (Å²) in [5, 5.41) is 14.3. The molecule has 110 valence electrons. The molecular weight excluding hydrogens is 258 g/mol. The van der Waals surface area contributed by atoms with Gasteiger partial charge in [-0.1, -0.05) is 13.0 Å². The van der Waals surface area contributed by atoms with Crippen LogP contribution in [0.3, 0.4) is 0 Å². The molecule has 1 aromatic rings. The third kappa shape index (κ3) is 3.26. The normalized spacial score (nSPS) is 15.2. The molecule has 0 saturated carbocycles. The Morgan fingerprint density at radius 3 is 2.75 bits per heavy atom. The summed E-state index contributed by atoms with van der Waals surface area (Å²) >= 11 is 0. The summed E-state index contributed by atoms with van der Waals surface area (Å²) in [6.45, 7) is 5.89. The summed E-state index contributed by atoms with van der Waals surface area (Å²) in [6.07, 6.45) is 1.08. The number of hydrogen-bond acceptors (Lipinski definition) is 5. The number of nitrogens with one attached hydrogen (secondary N) is 1. The number of nitrogens with zero attached hydrogens (tertiary/aromatic N) is 2. The molecule has 1 heterocycles. The van der Waals surface area contributed by atoms with E-state index in [0.29, 0.717) is 11.8 Å². The monoisotopic (exact) mass is 279 g/mol. The highest BCUT2D eigenvalue weighted by Gasteiger charge is 2.24. The minimum Gasteiger partial charge on any atom is -0.490 e. The van der Waals surface area contributed by atoms with Crippen LogP contribution in [0.2, 0.25) is 0 Å². The molecule has 1 N–H and O–H groups in total. The minimum atomic E-state index is -0.391. The summed E-state index contributed by atoms with van der Waals surface area (Å²) in [7, 11) is 1.45. The number of rotatable bonds is 7.